The van der Waals surface area contributed by atoms with Gasteiger partial charge in [0.25, 0.3) is 0 Å². The summed E-state index contributed by atoms with van der Waals surface area (Å²) in [6.45, 7) is 0. The van der Waals surface area contributed by atoms with Crippen LogP contribution in [0.2, 0.25) is 0 Å². The smallest absolute Gasteiger partial charge is 0.132 e. The molecule has 0 saturated heterocycles. The molecule has 0 atom stereocenters. The lowest BCUT2D eigenvalue weighted by Gasteiger charge is -2.40. The van der Waals surface area contributed by atoms with Crippen molar-refractivity contribution in [3.05, 3.63) is 340 Å². The van der Waals surface area contributed by atoms with Gasteiger partial charge in [0.15, 0.2) is 0 Å². The molecule has 0 saturated carbocycles. The third-order valence-corrected chi connectivity index (χ3v) is 18.3. The zero-order valence-corrected chi connectivity index (χ0v) is 42.7. The maximum absolute atomic E-state index is 6.83. The largest absolute Gasteiger partial charge is 0.457 e. The van der Waals surface area contributed by atoms with Crippen molar-refractivity contribution in [1.29, 1.82) is 0 Å². The average Bonchev–Trinajstić information content (AvgIpc) is 4.30. The maximum atomic E-state index is 6.83. The van der Waals surface area contributed by atoms with E-state index in [1.807, 2.05) is 0 Å². The Kier molecular flexibility index (Phi) is 8.44. The molecule has 3 spiro atoms. The molecule has 0 unspecified atom stereocenters. The number of anilines is 3. The highest BCUT2D eigenvalue weighted by Crippen LogP contribution is 2.67. The SMILES string of the molecule is c1ccc2c(c1)Oc1ccccc1C21c2ccccc2-c2cc(N(c3ccc4c(c3)C3(c5ccccc5Oc5ccccc53)c3ccccc3-4)c3cccc4c3-c3ccccc3C43c4ccccc4Oc4ccccc43)ccc21. The monoisotopic (exact) mass is 1010 g/mol. The number of hydrogen-bond donors (Lipinski definition) is 0. The van der Waals surface area contributed by atoms with Crippen molar-refractivity contribution in [3.8, 4) is 67.9 Å². The first kappa shape index (κ1) is 43.0. The molecule has 3 heterocycles. The Labute approximate surface area is 457 Å². The van der Waals surface area contributed by atoms with E-state index in [0.717, 1.165) is 84.9 Å². The van der Waals surface area contributed by atoms with Crippen LogP contribution in [0.1, 0.15) is 66.8 Å². The molecule has 0 N–H and O–H groups in total. The van der Waals surface area contributed by atoms with E-state index in [9.17, 15) is 0 Å². The van der Waals surface area contributed by atoms with Crippen LogP contribution < -0.4 is 19.1 Å². The molecule has 0 fully saturated rings. The first-order chi connectivity index (χ1) is 39.2. The predicted molar refractivity (Wildman–Crippen MR) is 313 cm³/mol. The molecule has 368 valence electrons. The Morgan fingerprint density at radius 3 is 1.01 bits per heavy atom. The van der Waals surface area contributed by atoms with Crippen LogP contribution >= 0.6 is 0 Å². The predicted octanol–water partition coefficient (Wildman–Crippen LogP) is 18.6. The number of hydrogen-bond acceptors (Lipinski definition) is 4. The maximum Gasteiger partial charge on any atom is 0.132 e. The van der Waals surface area contributed by atoms with E-state index in [2.05, 4.69) is 278 Å². The number of para-hydroxylation sites is 6. The van der Waals surface area contributed by atoms with Gasteiger partial charge in [-0.1, -0.05) is 206 Å². The number of ether oxygens (including phenoxy) is 3. The zero-order valence-electron chi connectivity index (χ0n) is 42.7. The van der Waals surface area contributed by atoms with E-state index in [1.54, 1.807) is 0 Å². The van der Waals surface area contributed by atoms with E-state index < -0.39 is 16.2 Å². The highest BCUT2D eigenvalue weighted by atomic mass is 16.5. The molecule has 3 aliphatic carbocycles. The molecule has 0 amide bonds. The average molecular weight is 1010 g/mol. The Bertz CT molecular complexity index is 4510. The van der Waals surface area contributed by atoms with Crippen LogP contribution in [0.15, 0.2) is 273 Å². The van der Waals surface area contributed by atoms with Gasteiger partial charge >= 0.3 is 0 Å². The molecule has 12 aromatic carbocycles. The van der Waals surface area contributed by atoms with E-state index in [0.29, 0.717) is 0 Å². The minimum Gasteiger partial charge on any atom is -0.457 e. The number of nitrogens with zero attached hydrogens (tertiary/aromatic N) is 1. The third-order valence-electron chi connectivity index (χ3n) is 18.3. The molecule has 6 aliphatic rings. The first-order valence-corrected chi connectivity index (χ1v) is 27.3. The fourth-order valence-electron chi connectivity index (χ4n) is 15.5. The van der Waals surface area contributed by atoms with Gasteiger partial charge < -0.3 is 19.1 Å². The summed E-state index contributed by atoms with van der Waals surface area (Å²) >= 11 is 0. The van der Waals surface area contributed by atoms with Crippen LogP contribution in [0.25, 0.3) is 33.4 Å². The van der Waals surface area contributed by atoms with Gasteiger partial charge in [-0.2, -0.15) is 0 Å². The van der Waals surface area contributed by atoms with Crippen molar-refractivity contribution in [2.75, 3.05) is 4.90 Å². The van der Waals surface area contributed by atoms with Gasteiger partial charge in [0.2, 0.25) is 0 Å². The highest BCUT2D eigenvalue weighted by Gasteiger charge is 2.55. The Morgan fingerprint density at radius 2 is 0.532 bits per heavy atom. The number of benzene rings is 12. The van der Waals surface area contributed by atoms with Crippen LogP contribution in [0, 0.1) is 0 Å². The van der Waals surface area contributed by atoms with Gasteiger partial charge in [-0.05, 0) is 128 Å². The van der Waals surface area contributed by atoms with Crippen LogP contribution in [-0.4, -0.2) is 0 Å². The molecule has 0 aromatic heterocycles. The summed E-state index contributed by atoms with van der Waals surface area (Å²) in [5.41, 5.74) is 22.7. The van der Waals surface area contributed by atoms with Crippen LogP contribution in [0.5, 0.6) is 34.5 Å². The van der Waals surface area contributed by atoms with Crippen LogP contribution in [0.3, 0.4) is 0 Å². The lowest BCUT2D eigenvalue weighted by molar-refractivity contribution is 0.436. The molecule has 12 aromatic rings. The van der Waals surface area contributed by atoms with Crippen molar-refractivity contribution in [2.45, 2.75) is 16.2 Å². The lowest BCUT2D eigenvalue weighted by atomic mass is 9.66. The van der Waals surface area contributed by atoms with E-state index in [1.165, 1.54) is 66.8 Å². The molecule has 0 radical (unpaired) electrons. The second-order valence-electron chi connectivity index (χ2n) is 21.7. The van der Waals surface area contributed by atoms with E-state index >= 15 is 0 Å². The zero-order chi connectivity index (χ0) is 51.6. The lowest BCUT2D eigenvalue weighted by Crippen LogP contribution is -2.32. The standard InChI is InChI=1S/C75H45NO3/c1-4-23-53-48(20-1)50-42-40-47(45-64(50)75(53)61-30-11-17-38-70(61)79-71-39-18-12-31-62(71)75)76(46-41-43-56-52(44-46)49-21-2-5-24-54(49)73(56)57-26-7-13-34-66(57)77-67-35-14-8-27-58(67)73)65-33-19-32-63-72(65)51-22-3-6-25-55(51)74(63)59-28-9-15-36-68(59)78-69-37-16-10-29-60(69)74/h1-45H. The van der Waals surface area contributed by atoms with Crippen LogP contribution in [-0.2, 0) is 16.2 Å². The van der Waals surface area contributed by atoms with Crippen molar-refractivity contribution in [3.63, 3.8) is 0 Å². The minimum absolute atomic E-state index is 0.612. The molecular formula is C75H45NO3. The Hall–Kier alpha value is -10.2. The summed E-state index contributed by atoms with van der Waals surface area (Å²) in [5.74, 6) is 5.23. The van der Waals surface area contributed by atoms with Gasteiger partial charge in [0.1, 0.15) is 34.5 Å². The molecule has 79 heavy (non-hydrogen) atoms. The van der Waals surface area contributed by atoms with Gasteiger partial charge in [-0.3, -0.25) is 0 Å². The van der Waals surface area contributed by atoms with E-state index in [4.69, 9.17) is 14.2 Å². The van der Waals surface area contributed by atoms with E-state index in [-0.39, 0.29) is 0 Å². The molecule has 4 nitrogen and oxygen atoms in total. The normalized spacial score (nSPS) is 15.2. The molecule has 0 bridgehead atoms. The van der Waals surface area contributed by atoms with Gasteiger partial charge in [0, 0.05) is 50.3 Å². The minimum atomic E-state index is -0.670. The number of rotatable bonds is 3. The third kappa shape index (κ3) is 5.24. The topological polar surface area (TPSA) is 30.9 Å². The Balaban J connectivity index is 0.950. The second kappa shape index (κ2) is 15.5. The summed E-state index contributed by atoms with van der Waals surface area (Å²) < 4.78 is 20.4. The number of fused-ring (bicyclic) bond motifs is 27. The molecular weight excluding hydrogens is 963 g/mol. The summed E-state index contributed by atoms with van der Waals surface area (Å²) in [7, 11) is 0. The van der Waals surface area contributed by atoms with Crippen LogP contribution in [0.4, 0.5) is 17.1 Å². The molecule has 18 rings (SSSR count). The van der Waals surface area contributed by atoms with Crippen molar-refractivity contribution >= 4 is 17.1 Å². The summed E-state index contributed by atoms with van der Waals surface area (Å²) in [5, 5.41) is 0. The highest BCUT2D eigenvalue weighted by molar-refractivity contribution is 6.01. The fourth-order valence-corrected chi connectivity index (χ4v) is 15.5. The van der Waals surface area contributed by atoms with Crippen molar-refractivity contribution < 1.29 is 14.2 Å². The summed E-state index contributed by atoms with van der Waals surface area (Å²) in [6.07, 6.45) is 0. The van der Waals surface area contributed by atoms with Gasteiger partial charge in [-0.25, -0.2) is 0 Å². The Morgan fingerprint density at radius 1 is 0.215 bits per heavy atom. The quantitative estimate of drug-likeness (QED) is 0.176. The van der Waals surface area contributed by atoms with Crippen molar-refractivity contribution in [1.82, 2.24) is 0 Å². The fraction of sp³-hybridized carbons (Fsp3) is 0.0400. The summed E-state index contributed by atoms with van der Waals surface area (Å²) in [4.78, 5) is 2.56. The van der Waals surface area contributed by atoms with Crippen molar-refractivity contribution in [2.24, 2.45) is 0 Å². The van der Waals surface area contributed by atoms with Gasteiger partial charge in [-0.15, -0.1) is 0 Å². The molecule has 4 heteroatoms. The molecule has 3 aliphatic heterocycles. The second-order valence-corrected chi connectivity index (χ2v) is 21.7. The summed E-state index contributed by atoms with van der Waals surface area (Å²) in [6, 6.07) is 100. The first-order valence-electron chi connectivity index (χ1n) is 27.3. The van der Waals surface area contributed by atoms with Gasteiger partial charge in [0.05, 0.1) is 21.9 Å².